The van der Waals surface area contributed by atoms with E-state index < -0.39 is 0 Å². The maximum absolute atomic E-state index is 12.7. The van der Waals surface area contributed by atoms with E-state index in [2.05, 4.69) is 6.92 Å². The molecule has 5 aliphatic rings. The van der Waals surface area contributed by atoms with E-state index in [-0.39, 0.29) is 35.7 Å². The molecule has 0 unspecified atom stereocenters. The molecule has 1 atom stereocenters. The highest BCUT2D eigenvalue weighted by Crippen LogP contribution is 2.70. The lowest BCUT2D eigenvalue weighted by Crippen LogP contribution is -2.76. The van der Waals surface area contributed by atoms with Gasteiger partial charge in [-0.05, 0) is 25.7 Å². The number of ether oxygens (including phenoxy) is 1. The van der Waals surface area contributed by atoms with Crippen molar-refractivity contribution < 1.29 is 19.4 Å². The predicted molar refractivity (Wildman–Crippen MR) is 86.5 cm³/mol. The first-order chi connectivity index (χ1) is 11.5. The summed E-state index contributed by atoms with van der Waals surface area (Å²) in [5.41, 5.74) is 0.0854. The molecule has 3 saturated carbocycles. The molecule has 134 valence electrons. The Morgan fingerprint density at radius 2 is 2.04 bits per heavy atom. The number of rotatable bonds is 5. The van der Waals surface area contributed by atoms with E-state index in [1.54, 1.807) is 4.90 Å². The molecule has 0 aromatic rings. The normalized spacial score (nSPS) is 37.0. The SMILES string of the molecule is CCCCOC(=O)N1CCN2C(=O)N(C34CC(CO)(C3)C4)C[C@@H]2C1. The van der Waals surface area contributed by atoms with Crippen molar-refractivity contribution in [3.05, 3.63) is 0 Å². The van der Waals surface area contributed by atoms with Crippen molar-refractivity contribution in [3.63, 3.8) is 0 Å². The molecular formula is C17H27N3O4. The lowest BCUT2D eigenvalue weighted by molar-refractivity contribution is -0.217. The number of aliphatic hydroxyl groups excluding tert-OH is 1. The molecule has 2 saturated heterocycles. The zero-order valence-corrected chi connectivity index (χ0v) is 14.4. The van der Waals surface area contributed by atoms with E-state index in [1.807, 2.05) is 9.80 Å². The van der Waals surface area contributed by atoms with Crippen LogP contribution >= 0.6 is 0 Å². The Labute approximate surface area is 142 Å². The minimum atomic E-state index is -0.251. The van der Waals surface area contributed by atoms with E-state index in [9.17, 15) is 14.7 Å². The van der Waals surface area contributed by atoms with Crippen LogP contribution in [0.25, 0.3) is 0 Å². The fraction of sp³-hybridized carbons (Fsp3) is 0.882. The van der Waals surface area contributed by atoms with Crippen LogP contribution in [0, 0.1) is 5.41 Å². The predicted octanol–water partition coefficient (Wildman–Crippen LogP) is 1.26. The molecule has 7 nitrogen and oxygen atoms in total. The van der Waals surface area contributed by atoms with E-state index in [0.717, 1.165) is 32.1 Å². The maximum Gasteiger partial charge on any atom is 0.409 e. The summed E-state index contributed by atoms with van der Waals surface area (Å²) in [7, 11) is 0. The van der Waals surface area contributed by atoms with Crippen molar-refractivity contribution in [2.45, 2.75) is 50.6 Å². The lowest BCUT2D eigenvalue weighted by atomic mass is 9.39. The Bertz CT molecular complexity index is 532. The van der Waals surface area contributed by atoms with Gasteiger partial charge in [-0.3, -0.25) is 0 Å². The summed E-state index contributed by atoms with van der Waals surface area (Å²) >= 11 is 0. The highest BCUT2D eigenvalue weighted by atomic mass is 16.6. The molecule has 0 spiro atoms. The van der Waals surface area contributed by atoms with Crippen LogP contribution in [-0.4, -0.2) is 82.9 Å². The molecule has 24 heavy (non-hydrogen) atoms. The standard InChI is InChI=1S/C17H27N3O4/c1-2-3-6-24-15(23)18-4-5-19-13(7-18)8-20(14(19)22)17-9-16(10-17,11-17)12-21/h13,21H,2-12H2,1H3/t13-,16?,17?/m0/s1. The fourth-order valence-electron chi connectivity index (χ4n) is 5.06. The molecule has 1 N–H and O–H groups in total. The van der Waals surface area contributed by atoms with Gasteiger partial charge in [-0.1, -0.05) is 13.3 Å². The molecule has 5 rings (SSSR count). The van der Waals surface area contributed by atoms with Gasteiger partial charge in [0.05, 0.1) is 12.6 Å². The average Bonchev–Trinajstić information content (AvgIpc) is 2.82. The van der Waals surface area contributed by atoms with Gasteiger partial charge in [0.1, 0.15) is 0 Å². The number of unbranched alkanes of at least 4 members (excludes halogenated alkanes) is 1. The van der Waals surface area contributed by atoms with Gasteiger partial charge in [0.2, 0.25) is 0 Å². The zero-order chi connectivity index (χ0) is 16.9. The minimum absolute atomic E-state index is 0.0103. The van der Waals surface area contributed by atoms with Crippen LogP contribution in [0.1, 0.15) is 39.0 Å². The third-order valence-corrected chi connectivity index (χ3v) is 6.35. The van der Waals surface area contributed by atoms with Crippen molar-refractivity contribution in [1.82, 2.24) is 14.7 Å². The number of nitrogens with zero attached hydrogens (tertiary/aromatic N) is 3. The van der Waals surface area contributed by atoms with Crippen LogP contribution in [0.5, 0.6) is 0 Å². The van der Waals surface area contributed by atoms with E-state index >= 15 is 0 Å². The first-order valence-corrected chi connectivity index (χ1v) is 9.13. The summed E-state index contributed by atoms with van der Waals surface area (Å²) in [6.45, 7) is 5.17. The second-order valence-electron chi connectivity index (χ2n) is 8.07. The Kier molecular flexibility index (Phi) is 3.67. The molecule has 2 aliphatic heterocycles. The van der Waals surface area contributed by atoms with Gasteiger partial charge < -0.3 is 24.5 Å². The summed E-state index contributed by atoms with van der Waals surface area (Å²) in [5, 5.41) is 9.43. The minimum Gasteiger partial charge on any atom is -0.449 e. The first kappa shape index (κ1) is 16.0. The Morgan fingerprint density at radius 1 is 1.29 bits per heavy atom. The monoisotopic (exact) mass is 337 g/mol. The number of aliphatic hydroxyl groups is 1. The molecule has 0 aromatic carbocycles. The number of hydrogen-bond donors (Lipinski definition) is 1. The number of carbonyl (C=O) groups is 2. The van der Waals surface area contributed by atoms with E-state index in [1.165, 1.54) is 0 Å². The third-order valence-electron chi connectivity index (χ3n) is 6.35. The number of hydrogen-bond acceptors (Lipinski definition) is 4. The van der Waals surface area contributed by atoms with E-state index in [4.69, 9.17) is 4.74 Å². The topological polar surface area (TPSA) is 73.3 Å². The number of amides is 3. The zero-order valence-electron chi connectivity index (χ0n) is 14.4. The van der Waals surface area contributed by atoms with E-state index in [0.29, 0.717) is 32.8 Å². The van der Waals surface area contributed by atoms with Gasteiger partial charge in [-0.15, -0.1) is 0 Å². The molecule has 2 heterocycles. The Balaban J connectivity index is 1.34. The highest BCUT2D eigenvalue weighted by molar-refractivity contribution is 5.80. The summed E-state index contributed by atoms with van der Waals surface area (Å²) in [6, 6.07) is 0.189. The molecule has 0 radical (unpaired) electrons. The lowest BCUT2D eigenvalue weighted by Gasteiger charge is -2.72. The molecule has 0 aromatic heterocycles. The van der Waals surface area contributed by atoms with Gasteiger partial charge in [0.25, 0.3) is 0 Å². The molecule has 2 bridgehead atoms. The van der Waals surface area contributed by atoms with Crippen molar-refractivity contribution in [2.75, 3.05) is 39.4 Å². The van der Waals surface area contributed by atoms with Crippen LogP contribution in [0.2, 0.25) is 0 Å². The van der Waals surface area contributed by atoms with Crippen molar-refractivity contribution in [2.24, 2.45) is 5.41 Å². The highest BCUT2D eigenvalue weighted by Gasteiger charge is 2.72. The smallest absolute Gasteiger partial charge is 0.409 e. The van der Waals surface area contributed by atoms with Crippen molar-refractivity contribution in [3.8, 4) is 0 Å². The number of urea groups is 1. The van der Waals surface area contributed by atoms with Gasteiger partial charge >= 0.3 is 12.1 Å². The van der Waals surface area contributed by atoms with Crippen LogP contribution in [-0.2, 0) is 4.74 Å². The summed E-state index contributed by atoms with van der Waals surface area (Å²) < 4.78 is 5.30. The Hall–Kier alpha value is -1.50. The first-order valence-electron chi connectivity index (χ1n) is 9.13. The second kappa shape index (κ2) is 5.51. The quantitative estimate of drug-likeness (QED) is 0.767. The third kappa shape index (κ3) is 2.20. The van der Waals surface area contributed by atoms with Gasteiger partial charge in [0, 0.05) is 43.7 Å². The average molecular weight is 337 g/mol. The Morgan fingerprint density at radius 3 is 2.71 bits per heavy atom. The van der Waals surface area contributed by atoms with Crippen molar-refractivity contribution in [1.29, 1.82) is 0 Å². The number of piperazine rings is 1. The largest absolute Gasteiger partial charge is 0.449 e. The van der Waals surface area contributed by atoms with Gasteiger partial charge in [-0.2, -0.15) is 0 Å². The maximum atomic E-state index is 12.7. The van der Waals surface area contributed by atoms with Crippen LogP contribution in [0.15, 0.2) is 0 Å². The molecular weight excluding hydrogens is 310 g/mol. The molecule has 3 amide bonds. The summed E-state index contributed by atoms with van der Waals surface area (Å²) in [6.07, 6.45) is 4.45. The fourth-order valence-corrected chi connectivity index (χ4v) is 5.06. The van der Waals surface area contributed by atoms with Crippen LogP contribution in [0.3, 0.4) is 0 Å². The summed E-state index contributed by atoms with van der Waals surface area (Å²) in [5.74, 6) is 0. The van der Waals surface area contributed by atoms with Crippen LogP contribution < -0.4 is 0 Å². The second-order valence-corrected chi connectivity index (χ2v) is 8.07. The molecule has 3 aliphatic carbocycles. The van der Waals surface area contributed by atoms with Gasteiger partial charge in [0.15, 0.2) is 0 Å². The molecule has 7 heteroatoms. The van der Waals surface area contributed by atoms with Crippen molar-refractivity contribution >= 4 is 12.1 Å². The van der Waals surface area contributed by atoms with Gasteiger partial charge in [-0.25, -0.2) is 9.59 Å². The molecule has 5 fully saturated rings. The summed E-state index contributed by atoms with van der Waals surface area (Å²) in [4.78, 5) is 30.5. The van der Waals surface area contributed by atoms with Crippen LogP contribution in [0.4, 0.5) is 9.59 Å². The number of fused-ring (bicyclic) bond motifs is 1. The number of carbonyl (C=O) groups excluding carboxylic acids is 2.